The number of fused-ring (bicyclic) bond motifs is 1. The van der Waals surface area contributed by atoms with E-state index < -0.39 is 12.1 Å². The molecule has 0 fully saturated rings. The van der Waals surface area contributed by atoms with Crippen LogP contribution in [0.15, 0.2) is 24.4 Å². The summed E-state index contributed by atoms with van der Waals surface area (Å²) in [4.78, 5) is 8.90. The molecule has 13 heteroatoms. The number of aliphatic carboxylic acids is 1. The fraction of sp³-hybridized carbons (Fsp3) is 0.350. The van der Waals surface area contributed by atoms with Crippen LogP contribution < -0.4 is 10.1 Å². The van der Waals surface area contributed by atoms with Crippen molar-refractivity contribution in [2.75, 3.05) is 6.54 Å². The lowest BCUT2D eigenvalue weighted by atomic mass is 10.1. The standard InChI is InChI=1S/C18H18N6OS.C2HF3O2/c1-11(2)25-16-4-3-12(7-13(16)8-19)17-21-22-18(26-17)24-10-14-9-20-6-5-15(14)23-24;3-2(4,5)1(6)7/h3-4,7,10-11,20H,5-6,9H2,1-2H3;(H,6,7). The molecule has 0 aliphatic carbocycles. The molecule has 2 N–H and O–H groups in total. The fourth-order valence-electron chi connectivity index (χ4n) is 2.86. The van der Waals surface area contributed by atoms with Crippen LogP contribution in [0.5, 0.6) is 5.75 Å². The summed E-state index contributed by atoms with van der Waals surface area (Å²) < 4.78 is 39.2. The Kier molecular flexibility index (Phi) is 7.29. The van der Waals surface area contributed by atoms with Gasteiger partial charge in [0, 0.05) is 36.8 Å². The lowest BCUT2D eigenvalue weighted by molar-refractivity contribution is -0.192. The van der Waals surface area contributed by atoms with E-state index in [-0.39, 0.29) is 6.10 Å². The number of carboxylic acids is 1. The molecule has 0 spiro atoms. The second kappa shape index (κ2) is 9.97. The van der Waals surface area contributed by atoms with E-state index in [2.05, 4.69) is 26.7 Å². The van der Waals surface area contributed by atoms with Gasteiger partial charge in [-0.25, -0.2) is 9.48 Å². The molecule has 0 atom stereocenters. The molecule has 9 nitrogen and oxygen atoms in total. The quantitative estimate of drug-likeness (QED) is 0.582. The third kappa shape index (κ3) is 6.05. The minimum absolute atomic E-state index is 0.0152. The van der Waals surface area contributed by atoms with E-state index in [9.17, 15) is 18.4 Å². The van der Waals surface area contributed by atoms with Crippen molar-refractivity contribution in [1.29, 1.82) is 5.26 Å². The molecule has 174 valence electrons. The first-order chi connectivity index (χ1) is 15.6. The molecule has 0 saturated heterocycles. The zero-order chi connectivity index (χ0) is 24.2. The topological polar surface area (TPSA) is 126 Å². The van der Waals surface area contributed by atoms with Gasteiger partial charge >= 0.3 is 12.1 Å². The summed E-state index contributed by atoms with van der Waals surface area (Å²) in [5.74, 6) is -2.17. The molecule has 0 bridgehead atoms. The van der Waals surface area contributed by atoms with Gasteiger partial charge in [0.25, 0.3) is 0 Å². The number of nitrogens with zero attached hydrogens (tertiary/aromatic N) is 5. The number of rotatable bonds is 4. The SMILES string of the molecule is CC(C)Oc1ccc(-c2nnc(-n3cc4c(n3)CCNC4)s2)cc1C#N.O=C(O)C(F)(F)F. The number of alkyl halides is 3. The number of benzene rings is 1. The average Bonchev–Trinajstić information content (AvgIpc) is 3.40. The Hall–Kier alpha value is -3.50. The van der Waals surface area contributed by atoms with E-state index in [0.29, 0.717) is 11.3 Å². The van der Waals surface area contributed by atoms with Crippen molar-refractivity contribution in [3.8, 4) is 27.5 Å². The first-order valence-corrected chi connectivity index (χ1v) is 10.5. The Bertz CT molecular complexity index is 1160. The maximum Gasteiger partial charge on any atom is 0.490 e. The number of hydrogen-bond acceptors (Lipinski definition) is 8. The van der Waals surface area contributed by atoms with Crippen LogP contribution in [0.25, 0.3) is 15.7 Å². The van der Waals surface area contributed by atoms with Crippen LogP contribution in [0.4, 0.5) is 13.2 Å². The maximum absolute atomic E-state index is 10.6. The minimum Gasteiger partial charge on any atom is -0.490 e. The summed E-state index contributed by atoms with van der Waals surface area (Å²) in [6.45, 7) is 5.66. The summed E-state index contributed by atoms with van der Waals surface area (Å²) in [6.07, 6.45) is -2.13. The Morgan fingerprint density at radius 1 is 1.36 bits per heavy atom. The zero-order valence-electron chi connectivity index (χ0n) is 17.5. The number of hydrogen-bond donors (Lipinski definition) is 2. The molecule has 33 heavy (non-hydrogen) atoms. The molecule has 0 amide bonds. The van der Waals surface area contributed by atoms with Gasteiger partial charge in [-0.2, -0.15) is 23.5 Å². The van der Waals surface area contributed by atoms with Gasteiger partial charge in [-0.3, -0.25) is 0 Å². The van der Waals surface area contributed by atoms with Crippen molar-refractivity contribution in [3.63, 3.8) is 0 Å². The molecule has 0 unspecified atom stereocenters. The predicted octanol–water partition coefficient (Wildman–Crippen LogP) is 3.33. The number of halogens is 3. The van der Waals surface area contributed by atoms with Crippen LogP contribution in [0.3, 0.4) is 0 Å². The van der Waals surface area contributed by atoms with E-state index in [1.807, 2.05) is 32.2 Å². The minimum atomic E-state index is -5.08. The van der Waals surface area contributed by atoms with Gasteiger partial charge in [-0.05, 0) is 32.0 Å². The Morgan fingerprint density at radius 3 is 2.70 bits per heavy atom. The Labute approximate surface area is 190 Å². The van der Waals surface area contributed by atoms with Gasteiger partial charge in [-0.1, -0.05) is 11.3 Å². The van der Waals surface area contributed by atoms with Crippen molar-refractivity contribution >= 4 is 17.3 Å². The van der Waals surface area contributed by atoms with Crippen LogP contribution in [0.1, 0.15) is 30.7 Å². The Morgan fingerprint density at radius 2 is 2.09 bits per heavy atom. The third-order valence-corrected chi connectivity index (χ3v) is 5.26. The molecule has 4 rings (SSSR count). The van der Waals surface area contributed by atoms with E-state index in [1.54, 1.807) is 10.7 Å². The summed E-state index contributed by atoms with van der Waals surface area (Å²) in [7, 11) is 0. The first-order valence-electron chi connectivity index (χ1n) is 9.71. The number of carbonyl (C=O) groups is 1. The third-order valence-electron chi connectivity index (χ3n) is 4.29. The van der Waals surface area contributed by atoms with Crippen molar-refractivity contribution in [2.45, 2.75) is 39.1 Å². The number of nitriles is 1. The van der Waals surface area contributed by atoms with E-state index in [1.165, 1.54) is 16.9 Å². The molecular formula is C20H19F3N6O3S. The van der Waals surface area contributed by atoms with Gasteiger partial charge in [0.2, 0.25) is 5.13 Å². The summed E-state index contributed by atoms with van der Waals surface area (Å²) in [6, 6.07) is 7.70. The van der Waals surface area contributed by atoms with Gasteiger partial charge in [0.15, 0.2) is 0 Å². The van der Waals surface area contributed by atoms with Crippen molar-refractivity contribution < 1.29 is 27.8 Å². The molecule has 0 radical (unpaired) electrons. The number of ether oxygens (including phenoxy) is 1. The van der Waals surface area contributed by atoms with E-state index in [4.69, 9.17) is 14.6 Å². The highest BCUT2D eigenvalue weighted by Crippen LogP contribution is 2.30. The Balaban J connectivity index is 0.000000383. The van der Waals surface area contributed by atoms with Gasteiger partial charge in [-0.15, -0.1) is 10.2 Å². The fourth-order valence-corrected chi connectivity index (χ4v) is 3.63. The summed E-state index contributed by atoms with van der Waals surface area (Å²) in [5.41, 5.74) is 3.66. The smallest absolute Gasteiger partial charge is 0.490 e. The van der Waals surface area contributed by atoms with Crippen molar-refractivity contribution in [1.82, 2.24) is 25.3 Å². The predicted molar refractivity (Wildman–Crippen MR) is 112 cm³/mol. The number of aromatic nitrogens is 4. The van der Waals surface area contributed by atoms with Crippen LogP contribution in [0, 0.1) is 11.3 Å². The summed E-state index contributed by atoms with van der Waals surface area (Å²) in [5, 5.41) is 34.5. The second-order valence-corrected chi connectivity index (χ2v) is 8.11. The lowest BCUT2D eigenvalue weighted by Crippen LogP contribution is -2.22. The molecule has 2 aromatic heterocycles. The monoisotopic (exact) mass is 480 g/mol. The largest absolute Gasteiger partial charge is 0.490 e. The number of carboxylic acid groups (broad SMARTS) is 1. The lowest BCUT2D eigenvalue weighted by Gasteiger charge is -2.11. The van der Waals surface area contributed by atoms with Gasteiger partial charge in [0.1, 0.15) is 16.8 Å². The van der Waals surface area contributed by atoms with Gasteiger partial charge < -0.3 is 15.2 Å². The molecule has 3 aromatic rings. The van der Waals surface area contributed by atoms with E-state index >= 15 is 0 Å². The van der Waals surface area contributed by atoms with Crippen LogP contribution in [0.2, 0.25) is 0 Å². The molecule has 3 heterocycles. The zero-order valence-corrected chi connectivity index (χ0v) is 18.4. The molecule has 1 aliphatic heterocycles. The second-order valence-electron chi connectivity index (χ2n) is 7.15. The van der Waals surface area contributed by atoms with Gasteiger partial charge in [0.05, 0.1) is 17.4 Å². The molecule has 0 saturated carbocycles. The molecule has 1 aromatic carbocycles. The van der Waals surface area contributed by atoms with Crippen LogP contribution >= 0.6 is 11.3 Å². The van der Waals surface area contributed by atoms with Crippen molar-refractivity contribution in [3.05, 3.63) is 41.2 Å². The maximum atomic E-state index is 10.6. The van der Waals surface area contributed by atoms with E-state index in [0.717, 1.165) is 40.9 Å². The summed E-state index contributed by atoms with van der Waals surface area (Å²) >= 11 is 1.45. The molecule has 1 aliphatic rings. The van der Waals surface area contributed by atoms with Crippen LogP contribution in [-0.4, -0.2) is 49.9 Å². The van der Waals surface area contributed by atoms with Crippen LogP contribution in [-0.2, 0) is 17.8 Å². The average molecular weight is 480 g/mol. The molecular weight excluding hydrogens is 461 g/mol. The first kappa shape index (κ1) is 24.1. The highest BCUT2D eigenvalue weighted by molar-refractivity contribution is 7.17. The highest BCUT2D eigenvalue weighted by atomic mass is 32.1. The van der Waals surface area contributed by atoms with Crippen molar-refractivity contribution in [2.24, 2.45) is 0 Å². The number of nitrogens with one attached hydrogen (secondary N) is 1. The normalized spacial score (nSPS) is 13.0. The highest BCUT2D eigenvalue weighted by Gasteiger charge is 2.38.